The van der Waals surface area contributed by atoms with Crippen molar-refractivity contribution >= 4 is 5.97 Å². The first kappa shape index (κ1) is 18.5. The minimum absolute atomic E-state index is 0.103. The van der Waals surface area contributed by atoms with Crippen LogP contribution in [0.1, 0.15) is 79.1 Å². The van der Waals surface area contributed by atoms with Gasteiger partial charge in [-0.3, -0.25) is 4.79 Å². The number of carbonyl (C=O) groups is 1. The van der Waals surface area contributed by atoms with Gasteiger partial charge in [-0.2, -0.15) is 0 Å². The van der Waals surface area contributed by atoms with Gasteiger partial charge in [0.15, 0.2) is 0 Å². The summed E-state index contributed by atoms with van der Waals surface area (Å²) in [6, 6.07) is 0.325. The number of ether oxygens (including phenoxy) is 1. The quantitative estimate of drug-likeness (QED) is 0.567. The van der Waals surface area contributed by atoms with Crippen LogP contribution in [0.15, 0.2) is 11.6 Å². The molecule has 0 amide bonds. The summed E-state index contributed by atoms with van der Waals surface area (Å²) < 4.78 is 5.55. The number of hydrogen-bond donors (Lipinski definition) is 1. The van der Waals surface area contributed by atoms with Crippen LogP contribution in [0.25, 0.3) is 0 Å². The monoisotopic (exact) mass is 359 g/mol. The van der Waals surface area contributed by atoms with Crippen molar-refractivity contribution in [3.05, 3.63) is 11.6 Å². The molecule has 4 rings (SSSR count). The Morgan fingerprint density at radius 3 is 2.65 bits per heavy atom. The molecule has 0 aromatic carbocycles. The third kappa shape index (κ3) is 2.68. The molecule has 3 fully saturated rings. The summed E-state index contributed by atoms with van der Waals surface area (Å²) in [5, 5.41) is 0. The van der Waals surface area contributed by atoms with Crippen molar-refractivity contribution in [2.75, 3.05) is 0 Å². The van der Waals surface area contributed by atoms with Crippen molar-refractivity contribution in [1.82, 2.24) is 0 Å². The minimum atomic E-state index is -0.130. The van der Waals surface area contributed by atoms with Crippen molar-refractivity contribution in [2.24, 2.45) is 40.2 Å². The Labute approximate surface area is 159 Å². The summed E-state index contributed by atoms with van der Waals surface area (Å²) in [5.41, 5.74) is 8.75. The van der Waals surface area contributed by atoms with Crippen LogP contribution in [-0.2, 0) is 9.53 Å². The second kappa shape index (κ2) is 6.36. The molecule has 8 atom stereocenters. The molecular weight excluding hydrogens is 322 g/mol. The first-order chi connectivity index (χ1) is 12.3. The van der Waals surface area contributed by atoms with Crippen LogP contribution in [-0.4, -0.2) is 18.1 Å². The van der Waals surface area contributed by atoms with Gasteiger partial charge in [0.05, 0.1) is 0 Å². The van der Waals surface area contributed by atoms with Gasteiger partial charge < -0.3 is 10.5 Å². The zero-order valence-electron chi connectivity index (χ0n) is 17.1. The maximum atomic E-state index is 11.4. The fourth-order valence-electron chi connectivity index (χ4n) is 7.87. The number of carbonyl (C=O) groups excluding carboxylic acids is 1. The fourth-order valence-corrected chi connectivity index (χ4v) is 7.87. The summed E-state index contributed by atoms with van der Waals surface area (Å²) in [4.78, 5) is 11.4. The maximum Gasteiger partial charge on any atom is 0.302 e. The zero-order valence-corrected chi connectivity index (χ0v) is 17.1. The molecular formula is C23H37NO2. The lowest BCUT2D eigenvalue weighted by atomic mass is 9.47. The lowest BCUT2D eigenvalue weighted by Crippen LogP contribution is -2.52. The molecule has 0 radical (unpaired) electrons. The Morgan fingerprint density at radius 2 is 1.96 bits per heavy atom. The van der Waals surface area contributed by atoms with Gasteiger partial charge in [-0.1, -0.05) is 25.5 Å². The highest BCUT2D eigenvalue weighted by atomic mass is 16.5. The van der Waals surface area contributed by atoms with Crippen LogP contribution < -0.4 is 5.73 Å². The van der Waals surface area contributed by atoms with Gasteiger partial charge in [-0.05, 0) is 86.4 Å². The van der Waals surface area contributed by atoms with E-state index in [0.29, 0.717) is 22.8 Å². The van der Waals surface area contributed by atoms with E-state index in [2.05, 4.69) is 26.8 Å². The molecule has 0 bridgehead atoms. The number of allylic oxidation sites excluding steroid dienone is 1. The summed E-state index contributed by atoms with van der Waals surface area (Å²) in [6.07, 6.45) is 12.4. The molecule has 3 heteroatoms. The van der Waals surface area contributed by atoms with Gasteiger partial charge in [0.2, 0.25) is 0 Å². The lowest BCUT2D eigenvalue weighted by Gasteiger charge is -2.58. The molecule has 3 saturated carbocycles. The highest BCUT2D eigenvalue weighted by molar-refractivity contribution is 5.66. The summed E-state index contributed by atoms with van der Waals surface area (Å²) in [5.74, 6) is 3.06. The molecule has 2 N–H and O–H groups in total. The molecule has 0 saturated heterocycles. The van der Waals surface area contributed by atoms with Gasteiger partial charge in [0.25, 0.3) is 0 Å². The molecule has 4 aliphatic rings. The average molecular weight is 360 g/mol. The van der Waals surface area contributed by atoms with Crippen molar-refractivity contribution in [3.63, 3.8) is 0 Å². The van der Waals surface area contributed by atoms with Crippen LogP contribution in [0.2, 0.25) is 0 Å². The zero-order chi connectivity index (χ0) is 18.7. The van der Waals surface area contributed by atoms with E-state index in [1.807, 2.05) is 0 Å². The average Bonchev–Trinajstić information content (AvgIpc) is 2.92. The number of esters is 1. The van der Waals surface area contributed by atoms with E-state index in [0.717, 1.165) is 30.6 Å². The molecule has 0 aromatic rings. The van der Waals surface area contributed by atoms with Crippen molar-refractivity contribution in [1.29, 1.82) is 0 Å². The van der Waals surface area contributed by atoms with Crippen LogP contribution in [0.4, 0.5) is 0 Å². The second-order valence-electron chi connectivity index (χ2n) is 10.3. The topological polar surface area (TPSA) is 52.3 Å². The smallest absolute Gasteiger partial charge is 0.302 e. The highest BCUT2D eigenvalue weighted by Gasteiger charge is 2.59. The number of fused-ring (bicyclic) bond motifs is 5. The molecule has 0 heterocycles. The predicted octanol–water partition coefficient (Wildman–Crippen LogP) is 4.84. The first-order valence-corrected chi connectivity index (χ1v) is 10.9. The number of nitrogens with two attached hydrogens (primary N) is 1. The van der Waals surface area contributed by atoms with Crippen LogP contribution in [0.5, 0.6) is 0 Å². The third-order valence-corrected chi connectivity index (χ3v) is 9.10. The van der Waals surface area contributed by atoms with E-state index in [1.165, 1.54) is 45.4 Å². The molecule has 8 unspecified atom stereocenters. The number of hydrogen-bond acceptors (Lipinski definition) is 3. The molecule has 0 spiro atoms. The summed E-state index contributed by atoms with van der Waals surface area (Å²) in [7, 11) is 0. The normalized spacial score (nSPS) is 48.7. The first-order valence-electron chi connectivity index (χ1n) is 10.9. The Morgan fingerprint density at radius 1 is 1.19 bits per heavy atom. The van der Waals surface area contributed by atoms with Crippen molar-refractivity contribution < 1.29 is 9.53 Å². The molecule has 0 aliphatic heterocycles. The highest BCUT2D eigenvalue weighted by Crippen LogP contribution is 2.66. The van der Waals surface area contributed by atoms with Crippen LogP contribution >= 0.6 is 0 Å². The molecule has 0 aromatic heterocycles. The molecule has 4 aliphatic carbocycles. The Balaban J connectivity index is 1.58. The maximum absolute atomic E-state index is 11.4. The SMILES string of the molecule is CC(=O)OC1CCC2(C)C(=CCC3C2CCC2(C)C(C(C)N)CCC32)C1. The number of rotatable bonds is 2. The molecule has 3 nitrogen and oxygen atoms in total. The van der Waals surface area contributed by atoms with Gasteiger partial charge in [0, 0.05) is 19.4 Å². The second-order valence-corrected chi connectivity index (χ2v) is 10.3. The Hall–Kier alpha value is -0.830. The van der Waals surface area contributed by atoms with Crippen molar-refractivity contribution in [3.8, 4) is 0 Å². The van der Waals surface area contributed by atoms with Gasteiger partial charge in [0.1, 0.15) is 6.10 Å². The van der Waals surface area contributed by atoms with Crippen LogP contribution in [0.3, 0.4) is 0 Å². The summed E-state index contributed by atoms with van der Waals surface area (Å²) >= 11 is 0. The van der Waals surface area contributed by atoms with Gasteiger partial charge >= 0.3 is 5.97 Å². The molecule has 146 valence electrons. The predicted molar refractivity (Wildman–Crippen MR) is 104 cm³/mol. The summed E-state index contributed by atoms with van der Waals surface area (Å²) in [6.45, 7) is 8.82. The minimum Gasteiger partial charge on any atom is -0.462 e. The fraction of sp³-hybridized carbons (Fsp3) is 0.870. The van der Waals surface area contributed by atoms with Gasteiger partial charge in [-0.15, -0.1) is 0 Å². The Bertz CT molecular complexity index is 611. The van der Waals surface area contributed by atoms with E-state index in [9.17, 15) is 4.79 Å². The van der Waals surface area contributed by atoms with E-state index in [4.69, 9.17) is 10.5 Å². The third-order valence-electron chi connectivity index (χ3n) is 9.10. The van der Waals surface area contributed by atoms with Crippen LogP contribution in [0, 0.1) is 34.5 Å². The van der Waals surface area contributed by atoms with Crippen molar-refractivity contribution in [2.45, 2.75) is 91.2 Å². The Kier molecular flexibility index (Phi) is 4.53. The van der Waals surface area contributed by atoms with E-state index in [1.54, 1.807) is 5.57 Å². The standard InChI is InChI=1S/C23H37NO2/c1-14(24)19-7-8-20-18-6-5-16-13-17(26-15(2)25)9-11-22(16,3)21(18)10-12-23(19,20)4/h5,14,17-21H,6-13,24H2,1-4H3. The molecule has 26 heavy (non-hydrogen) atoms. The lowest BCUT2D eigenvalue weighted by molar-refractivity contribution is -0.148. The van der Waals surface area contributed by atoms with E-state index < -0.39 is 0 Å². The largest absolute Gasteiger partial charge is 0.462 e. The van der Waals surface area contributed by atoms with E-state index in [-0.39, 0.29) is 12.1 Å². The van der Waals surface area contributed by atoms with E-state index >= 15 is 0 Å². The van der Waals surface area contributed by atoms with Gasteiger partial charge in [-0.25, -0.2) is 0 Å².